The molecule has 0 spiro atoms. The molecule has 0 aliphatic carbocycles. The number of nitrogens with zero attached hydrogens (tertiary/aromatic N) is 2. The molecule has 0 unspecified atom stereocenters. The van der Waals surface area contributed by atoms with Crippen LogP contribution in [0.15, 0.2) is 12.1 Å². The summed E-state index contributed by atoms with van der Waals surface area (Å²) in [5.41, 5.74) is 1.68. The lowest BCUT2D eigenvalue weighted by Gasteiger charge is -2.20. The predicted molar refractivity (Wildman–Crippen MR) is 86.3 cm³/mol. The lowest BCUT2D eigenvalue weighted by molar-refractivity contribution is -0.137. The number of benzene rings is 1. The lowest BCUT2D eigenvalue weighted by atomic mass is 9.95. The largest absolute Gasteiger partial charge is 0.486 e. The van der Waals surface area contributed by atoms with Crippen molar-refractivity contribution in [1.29, 1.82) is 0 Å². The van der Waals surface area contributed by atoms with Crippen molar-refractivity contribution in [2.45, 2.75) is 45.6 Å². The normalized spacial score (nSPS) is 14.2. The first kappa shape index (κ1) is 15.6. The molecule has 0 saturated carbocycles. The molecule has 0 bridgehead atoms. The summed E-state index contributed by atoms with van der Waals surface area (Å²) in [5.74, 6) is 1.61. The number of carboxylic acid groups (broad SMARTS) is 1. The molecule has 1 aliphatic heterocycles. The first-order valence-corrected chi connectivity index (χ1v) is 7.88. The standard InChI is InChI=1S/C17H22N2O4/c1-17(2,3)16-18-11-9-13-14(23-8-7-22-13)10-12(11)19(16)6-4-5-15(20)21/h9-10H,4-8H2,1-3H3,(H,20,21). The van der Waals surface area contributed by atoms with Crippen LogP contribution in [0.25, 0.3) is 11.0 Å². The number of aryl methyl sites for hydroxylation is 1. The summed E-state index contributed by atoms with van der Waals surface area (Å²) < 4.78 is 13.4. The molecular formula is C17H22N2O4. The quantitative estimate of drug-likeness (QED) is 0.938. The molecule has 2 aromatic rings. The van der Waals surface area contributed by atoms with E-state index in [1.165, 1.54) is 0 Å². The molecule has 1 N–H and O–H groups in total. The van der Waals surface area contributed by atoms with Crippen molar-refractivity contribution < 1.29 is 19.4 Å². The zero-order valence-electron chi connectivity index (χ0n) is 13.8. The first-order valence-electron chi connectivity index (χ1n) is 7.88. The fourth-order valence-electron chi connectivity index (χ4n) is 2.85. The molecule has 0 saturated heterocycles. The summed E-state index contributed by atoms with van der Waals surface area (Å²) >= 11 is 0. The van der Waals surface area contributed by atoms with E-state index in [2.05, 4.69) is 25.3 Å². The van der Waals surface area contributed by atoms with Gasteiger partial charge in [-0.3, -0.25) is 4.79 Å². The van der Waals surface area contributed by atoms with E-state index in [1.54, 1.807) is 0 Å². The molecule has 3 rings (SSSR count). The number of aromatic nitrogens is 2. The van der Waals surface area contributed by atoms with E-state index in [0.29, 0.717) is 26.2 Å². The van der Waals surface area contributed by atoms with Crippen molar-refractivity contribution in [3.05, 3.63) is 18.0 Å². The Kier molecular flexibility index (Phi) is 3.92. The average Bonchev–Trinajstić information content (AvgIpc) is 2.83. The first-order chi connectivity index (χ1) is 10.9. The molecule has 1 aromatic heterocycles. The molecule has 6 heteroatoms. The Hall–Kier alpha value is -2.24. The third-order valence-electron chi connectivity index (χ3n) is 3.86. The van der Waals surface area contributed by atoms with E-state index in [-0.39, 0.29) is 11.8 Å². The van der Waals surface area contributed by atoms with Gasteiger partial charge in [0.2, 0.25) is 0 Å². The monoisotopic (exact) mass is 318 g/mol. The summed E-state index contributed by atoms with van der Waals surface area (Å²) in [7, 11) is 0. The van der Waals surface area contributed by atoms with E-state index < -0.39 is 5.97 Å². The number of aliphatic carboxylic acids is 1. The molecule has 0 fully saturated rings. The second kappa shape index (κ2) is 5.76. The summed E-state index contributed by atoms with van der Waals surface area (Å²) in [6.45, 7) is 8.02. The number of imidazole rings is 1. The molecule has 2 heterocycles. The van der Waals surface area contributed by atoms with E-state index in [0.717, 1.165) is 28.4 Å². The molecule has 124 valence electrons. The third kappa shape index (κ3) is 3.11. The van der Waals surface area contributed by atoms with Gasteiger partial charge in [0.1, 0.15) is 19.0 Å². The highest BCUT2D eigenvalue weighted by Gasteiger charge is 2.25. The molecule has 1 aliphatic rings. The van der Waals surface area contributed by atoms with Crippen LogP contribution in [0.4, 0.5) is 0 Å². The van der Waals surface area contributed by atoms with Crippen molar-refractivity contribution in [2.24, 2.45) is 0 Å². The van der Waals surface area contributed by atoms with Gasteiger partial charge in [0, 0.05) is 30.5 Å². The number of fused-ring (bicyclic) bond motifs is 2. The summed E-state index contributed by atoms with van der Waals surface area (Å²) in [4.78, 5) is 15.6. The maximum Gasteiger partial charge on any atom is 0.303 e. The minimum atomic E-state index is -0.777. The fraction of sp³-hybridized carbons (Fsp3) is 0.529. The van der Waals surface area contributed by atoms with Gasteiger partial charge >= 0.3 is 5.97 Å². The number of hydrogen-bond acceptors (Lipinski definition) is 4. The van der Waals surface area contributed by atoms with Crippen LogP contribution < -0.4 is 9.47 Å². The van der Waals surface area contributed by atoms with Crippen molar-refractivity contribution >= 4 is 17.0 Å². The minimum absolute atomic E-state index is 0.134. The van der Waals surface area contributed by atoms with Gasteiger partial charge in [0.05, 0.1) is 11.0 Å². The number of ether oxygens (including phenoxy) is 2. The van der Waals surface area contributed by atoms with Crippen LogP contribution >= 0.6 is 0 Å². The van der Waals surface area contributed by atoms with Gasteiger partial charge in [-0.2, -0.15) is 0 Å². The highest BCUT2D eigenvalue weighted by Crippen LogP contribution is 2.36. The number of rotatable bonds is 4. The average molecular weight is 318 g/mol. The van der Waals surface area contributed by atoms with Crippen LogP contribution in [-0.2, 0) is 16.8 Å². The zero-order chi connectivity index (χ0) is 16.6. The zero-order valence-corrected chi connectivity index (χ0v) is 13.8. The van der Waals surface area contributed by atoms with Crippen LogP contribution in [0.3, 0.4) is 0 Å². The number of hydrogen-bond donors (Lipinski definition) is 1. The molecule has 0 radical (unpaired) electrons. The van der Waals surface area contributed by atoms with Crippen LogP contribution in [0, 0.1) is 0 Å². The van der Waals surface area contributed by atoms with Gasteiger partial charge in [-0.15, -0.1) is 0 Å². The van der Waals surface area contributed by atoms with Crippen LogP contribution in [0.2, 0.25) is 0 Å². The van der Waals surface area contributed by atoms with Gasteiger partial charge < -0.3 is 19.1 Å². The molecule has 1 aromatic carbocycles. The van der Waals surface area contributed by atoms with Crippen molar-refractivity contribution in [3.8, 4) is 11.5 Å². The highest BCUT2D eigenvalue weighted by atomic mass is 16.6. The Labute approximate surface area is 135 Å². The van der Waals surface area contributed by atoms with Gasteiger partial charge in [-0.25, -0.2) is 4.98 Å². The van der Waals surface area contributed by atoms with Crippen molar-refractivity contribution in [3.63, 3.8) is 0 Å². The molecular weight excluding hydrogens is 296 g/mol. The molecule has 0 atom stereocenters. The molecule has 0 amide bonds. The maximum atomic E-state index is 10.8. The fourth-order valence-corrected chi connectivity index (χ4v) is 2.85. The molecule has 23 heavy (non-hydrogen) atoms. The van der Waals surface area contributed by atoms with E-state index in [1.807, 2.05) is 12.1 Å². The smallest absolute Gasteiger partial charge is 0.303 e. The summed E-state index contributed by atoms with van der Waals surface area (Å²) in [5, 5.41) is 8.88. The minimum Gasteiger partial charge on any atom is -0.486 e. The SMILES string of the molecule is CC(C)(C)c1nc2cc3c(cc2n1CCCC(=O)O)OCCO3. The second-order valence-electron chi connectivity index (χ2n) is 6.82. The third-order valence-corrected chi connectivity index (χ3v) is 3.86. The Bertz CT molecular complexity index is 743. The van der Waals surface area contributed by atoms with Gasteiger partial charge in [-0.1, -0.05) is 20.8 Å². The summed E-state index contributed by atoms with van der Waals surface area (Å²) in [6, 6.07) is 3.86. The Morgan fingerprint density at radius 2 is 1.91 bits per heavy atom. The van der Waals surface area contributed by atoms with Crippen molar-refractivity contribution in [1.82, 2.24) is 9.55 Å². The lowest BCUT2D eigenvalue weighted by Crippen LogP contribution is -2.19. The number of carboxylic acids is 1. The van der Waals surface area contributed by atoms with E-state index >= 15 is 0 Å². The highest BCUT2D eigenvalue weighted by molar-refractivity contribution is 5.81. The Morgan fingerprint density at radius 1 is 1.26 bits per heavy atom. The molecule has 6 nitrogen and oxygen atoms in total. The van der Waals surface area contributed by atoms with Crippen LogP contribution in [0.5, 0.6) is 11.5 Å². The summed E-state index contributed by atoms with van der Waals surface area (Å²) in [6.07, 6.45) is 0.714. The Balaban J connectivity index is 2.07. The number of carbonyl (C=O) groups is 1. The van der Waals surface area contributed by atoms with E-state index in [4.69, 9.17) is 19.6 Å². The van der Waals surface area contributed by atoms with Crippen LogP contribution in [-0.4, -0.2) is 33.8 Å². The Morgan fingerprint density at radius 3 is 2.52 bits per heavy atom. The topological polar surface area (TPSA) is 73.6 Å². The van der Waals surface area contributed by atoms with Gasteiger partial charge in [0.15, 0.2) is 11.5 Å². The van der Waals surface area contributed by atoms with Crippen molar-refractivity contribution in [2.75, 3.05) is 13.2 Å². The van der Waals surface area contributed by atoms with E-state index in [9.17, 15) is 4.79 Å². The van der Waals surface area contributed by atoms with Gasteiger partial charge in [-0.05, 0) is 6.42 Å². The maximum absolute atomic E-state index is 10.8. The predicted octanol–water partition coefficient (Wildman–Crippen LogP) is 2.97. The second-order valence-corrected chi connectivity index (χ2v) is 6.82. The van der Waals surface area contributed by atoms with Crippen LogP contribution in [0.1, 0.15) is 39.4 Å². The van der Waals surface area contributed by atoms with Gasteiger partial charge in [0.25, 0.3) is 0 Å².